The average Bonchev–Trinajstić information content (AvgIpc) is 2.70. The van der Waals surface area contributed by atoms with Crippen LogP contribution in [-0.4, -0.2) is 4.98 Å². The lowest BCUT2D eigenvalue weighted by atomic mass is 10.1. The van der Waals surface area contributed by atoms with Gasteiger partial charge in [-0.3, -0.25) is 0 Å². The SMILES string of the molecule is Cc1cc(-c2ncsc2C#N)ccc1F. The molecule has 0 saturated heterocycles. The second kappa shape index (κ2) is 3.79. The van der Waals surface area contributed by atoms with Crippen LogP contribution in [-0.2, 0) is 0 Å². The summed E-state index contributed by atoms with van der Waals surface area (Å²) in [6.07, 6.45) is 0. The smallest absolute Gasteiger partial charge is 0.132 e. The van der Waals surface area contributed by atoms with Gasteiger partial charge in [0.2, 0.25) is 0 Å². The van der Waals surface area contributed by atoms with E-state index in [1.54, 1.807) is 24.6 Å². The predicted octanol–water partition coefficient (Wildman–Crippen LogP) is 3.13. The van der Waals surface area contributed by atoms with Gasteiger partial charge in [-0.25, -0.2) is 9.37 Å². The quantitative estimate of drug-likeness (QED) is 0.737. The van der Waals surface area contributed by atoms with Crippen LogP contribution in [0, 0.1) is 24.1 Å². The molecular weight excluding hydrogens is 211 g/mol. The van der Waals surface area contributed by atoms with Crippen molar-refractivity contribution in [2.24, 2.45) is 0 Å². The van der Waals surface area contributed by atoms with Gasteiger partial charge in [0.05, 0.1) is 11.2 Å². The van der Waals surface area contributed by atoms with Crippen LogP contribution in [0.2, 0.25) is 0 Å². The summed E-state index contributed by atoms with van der Waals surface area (Å²) < 4.78 is 13.0. The highest BCUT2D eigenvalue weighted by Gasteiger charge is 2.09. The molecule has 0 spiro atoms. The predicted molar refractivity (Wildman–Crippen MR) is 57.0 cm³/mol. The van der Waals surface area contributed by atoms with Gasteiger partial charge in [-0.15, -0.1) is 11.3 Å². The van der Waals surface area contributed by atoms with E-state index in [1.807, 2.05) is 0 Å². The molecule has 74 valence electrons. The van der Waals surface area contributed by atoms with E-state index < -0.39 is 0 Å². The summed E-state index contributed by atoms with van der Waals surface area (Å²) in [5.41, 5.74) is 3.59. The normalized spacial score (nSPS) is 9.93. The number of aryl methyl sites for hydroxylation is 1. The van der Waals surface area contributed by atoms with Crippen LogP contribution in [0.5, 0.6) is 0 Å². The first kappa shape index (κ1) is 9.81. The first-order valence-corrected chi connectivity index (χ1v) is 5.20. The van der Waals surface area contributed by atoms with E-state index in [0.29, 0.717) is 16.1 Å². The summed E-state index contributed by atoms with van der Waals surface area (Å²) in [5, 5.41) is 8.84. The summed E-state index contributed by atoms with van der Waals surface area (Å²) in [6, 6.07) is 6.80. The van der Waals surface area contributed by atoms with E-state index >= 15 is 0 Å². The molecule has 2 nitrogen and oxygen atoms in total. The Morgan fingerprint density at radius 2 is 2.27 bits per heavy atom. The zero-order valence-electron chi connectivity index (χ0n) is 7.99. The maximum Gasteiger partial charge on any atom is 0.132 e. The Hall–Kier alpha value is -1.73. The van der Waals surface area contributed by atoms with Crippen LogP contribution in [0.1, 0.15) is 10.4 Å². The summed E-state index contributed by atoms with van der Waals surface area (Å²) in [5.74, 6) is -0.243. The molecule has 0 unspecified atom stereocenters. The van der Waals surface area contributed by atoms with Crippen molar-refractivity contribution in [2.75, 3.05) is 0 Å². The lowest BCUT2D eigenvalue weighted by molar-refractivity contribution is 0.619. The summed E-state index contributed by atoms with van der Waals surface area (Å²) >= 11 is 1.29. The third kappa shape index (κ3) is 1.74. The molecule has 0 aliphatic carbocycles. The maximum absolute atomic E-state index is 13.0. The van der Waals surface area contributed by atoms with Gasteiger partial charge >= 0.3 is 0 Å². The Kier molecular flexibility index (Phi) is 2.48. The molecule has 0 aliphatic heterocycles. The van der Waals surface area contributed by atoms with Crippen LogP contribution in [0.4, 0.5) is 4.39 Å². The molecule has 0 amide bonds. The Balaban J connectivity index is 2.56. The highest BCUT2D eigenvalue weighted by molar-refractivity contribution is 7.10. The molecule has 0 aliphatic rings. The molecule has 1 aromatic heterocycles. The van der Waals surface area contributed by atoms with Gasteiger partial charge in [-0.05, 0) is 30.7 Å². The van der Waals surface area contributed by atoms with Gasteiger partial charge in [0.25, 0.3) is 0 Å². The summed E-state index contributed by atoms with van der Waals surface area (Å²) in [6.45, 7) is 1.69. The molecule has 2 aromatic rings. The molecule has 15 heavy (non-hydrogen) atoms. The minimum atomic E-state index is -0.243. The topological polar surface area (TPSA) is 36.7 Å². The maximum atomic E-state index is 13.0. The van der Waals surface area contributed by atoms with E-state index in [0.717, 1.165) is 5.56 Å². The van der Waals surface area contributed by atoms with E-state index in [2.05, 4.69) is 11.1 Å². The van der Waals surface area contributed by atoms with Gasteiger partial charge in [0, 0.05) is 5.56 Å². The number of halogens is 1. The summed E-state index contributed by atoms with van der Waals surface area (Å²) in [4.78, 5) is 4.66. The zero-order chi connectivity index (χ0) is 10.8. The van der Waals surface area contributed by atoms with Crippen molar-refractivity contribution in [3.05, 3.63) is 40.0 Å². The molecule has 0 radical (unpaired) electrons. The van der Waals surface area contributed by atoms with Crippen LogP contribution in [0.25, 0.3) is 11.3 Å². The number of thiazole rings is 1. The molecule has 0 saturated carbocycles. The zero-order valence-corrected chi connectivity index (χ0v) is 8.81. The first-order valence-electron chi connectivity index (χ1n) is 4.32. The second-order valence-electron chi connectivity index (χ2n) is 3.11. The second-order valence-corrected chi connectivity index (χ2v) is 3.96. The lowest BCUT2D eigenvalue weighted by Gasteiger charge is -2.00. The number of aromatic nitrogens is 1. The first-order chi connectivity index (χ1) is 7.22. The number of hydrogen-bond acceptors (Lipinski definition) is 3. The molecule has 0 fully saturated rings. The molecule has 1 aromatic carbocycles. The van der Waals surface area contributed by atoms with Gasteiger partial charge in [-0.2, -0.15) is 5.26 Å². The molecule has 0 N–H and O–H groups in total. The molecule has 0 atom stereocenters. The number of hydrogen-bond donors (Lipinski definition) is 0. The largest absolute Gasteiger partial charge is 0.243 e. The van der Waals surface area contributed by atoms with Gasteiger partial charge in [0.1, 0.15) is 16.8 Å². The fraction of sp³-hybridized carbons (Fsp3) is 0.0909. The molecular formula is C11H7FN2S. The van der Waals surface area contributed by atoms with E-state index in [4.69, 9.17) is 5.26 Å². The van der Waals surface area contributed by atoms with Crippen molar-refractivity contribution in [3.8, 4) is 17.3 Å². The highest BCUT2D eigenvalue weighted by atomic mass is 32.1. The Bertz CT molecular complexity index is 540. The Morgan fingerprint density at radius 1 is 1.47 bits per heavy atom. The number of benzene rings is 1. The van der Waals surface area contributed by atoms with Crippen LogP contribution < -0.4 is 0 Å². The fourth-order valence-corrected chi connectivity index (χ4v) is 1.92. The van der Waals surface area contributed by atoms with Crippen LogP contribution in [0.3, 0.4) is 0 Å². The van der Waals surface area contributed by atoms with Gasteiger partial charge in [-0.1, -0.05) is 0 Å². The van der Waals surface area contributed by atoms with Gasteiger partial charge < -0.3 is 0 Å². The van der Waals surface area contributed by atoms with Gasteiger partial charge in [0.15, 0.2) is 0 Å². The van der Waals surface area contributed by atoms with Crippen molar-refractivity contribution in [1.29, 1.82) is 5.26 Å². The minimum absolute atomic E-state index is 0.243. The molecule has 0 bridgehead atoms. The molecule has 2 rings (SSSR count). The third-order valence-electron chi connectivity index (χ3n) is 2.10. The number of nitrogens with zero attached hydrogens (tertiary/aromatic N) is 2. The number of rotatable bonds is 1. The molecule has 4 heteroatoms. The highest BCUT2D eigenvalue weighted by Crippen LogP contribution is 2.25. The van der Waals surface area contributed by atoms with E-state index in [-0.39, 0.29) is 5.82 Å². The van der Waals surface area contributed by atoms with Crippen molar-refractivity contribution < 1.29 is 4.39 Å². The lowest BCUT2D eigenvalue weighted by Crippen LogP contribution is -1.85. The van der Waals surface area contributed by atoms with Crippen molar-refractivity contribution in [3.63, 3.8) is 0 Å². The van der Waals surface area contributed by atoms with E-state index in [9.17, 15) is 4.39 Å². The summed E-state index contributed by atoms with van der Waals surface area (Å²) in [7, 11) is 0. The van der Waals surface area contributed by atoms with Crippen molar-refractivity contribution >= 4 is 11.3 Å². The standard InChI is InChI=1S/C11H7FN2S/c1-7-4-8(2-3-9(7)12)11-10(5-13)15-6-14-11/h2-4,6H,1H3. The Morgan fingerprint density at radius 3 is 2.93 bits per heavy atom. The van der Waals surface area contributed by atoms with Crippen LogP contribution in [0.15, 0.2) is 23.7 Å². The van der Waals surface area contributed by atoms with Crippen LogP contribution >= 0.6 is 11.3 Å². The number of nitriles is 1. The van der Waals surface area contributed by atoms with Crippen molar-refractivity contribution in [1.82, 2.24) is 4.98 Å². The fourth-order valence-electron chi connectivity index (χ4n) is 1.32. The van der Waals surface area contributed by atoms with E-state index in [1.165, 1.54) is 17.4 Å². The van der Waals surface area contributed by atoms with Crippen molar-refractivity contribution in [2.45, 2.75) is 6.92 Å². The average molecular weight is 218 g/mol. The Labute approximate surface area is 90.6 Å². The minimum Gasteiger partial charge on any atom is -0.243 e. The molecule has 1 heterocycles. The third-order valence-corrected chi connectivity index (χ3v) is 2.83. The monoisotopic (exact) mass is 218 g/mol.